The molecule has 1 N–H and O–H groups in total. The van der Waals surface area contributed by atoms with Gasteiger partial charge in [-0.15, -0.1) is 0 Å². The van der Waals surface area contributed by atoms with E-state index in [0.717, 1.165) is 12.3 Å². The van der Waals surface area contributed by atoms with Gasteiger partial charge >= 0.3 is 0 Å². The Morgan fingerprint density at radius 3 is 2.45 bits per heavy atom. The van der Waals surface area contributed by atoms with E-state index in [1.165, 1.54) is 12.3 Å². The van der Waals surface area contributed by atoms with Gasteiger partial charge in [-0.3, -0.25) is 9.71 Å². The first kappa shape index (κ1) is 14.6. The van der Waals surface area contributed by atoms with Crippen molar-refractivity contribution in [2.45, 2.75) is 4.90 Å². The maximum Gasteiger partial charge on any atom is 0.265 e. The average Bonchev–Trinajstić information content (AvgIpc) is 2.40. The Bertz CT molecular complexity index is 768. The summed E-state index contributed by atoms with van der Waals surface area (Å²) in [5, 5.41) is -0.143. The summed E-state index contributed by atoms with van der Waals surface area (Å²) in [6.07, 6.45) is 2.21. The molecule has 0 fully saturated rings. The van der Waals surface area contributed by atoms with Crippen LogP contribution in [0.1, 0.15) is 0 Å². The number of aromatic nitrogens is 1. The van der Waals surface area contributed by atoms with E-state index >= 15 is 0 Å². The first-order valence-corrected chi connectivity index (χ1v) is 6.95. The molecule has 0 amide bonds. The number of benzene rings is 1. The van der Waals surface area contributed by atoms with Crippen LogP contribution >= 0.6 is 11.6 Å². The van der Waals surface area contributed by atoms with Gasteiger partial charge in [0, 0.05) is 12.4 Å². The molecule has 2 aromatic rings. The van der Waals surface area contributed by atoms with Crippen molar-refractivity contribution in [3.63, 3.8) is 0 Å². The van der Waals surface area contributed by atoms with Crippen LogP contribution in [-0.2, 0) is 10.0 Å². The summed E-state index contributed by atoms with van der Waals surface area (Å²) in [6, 6.07) is 2.58. The lowest BCUT2D eigenvalue weighted by atomic mass is 10.3. The molecule has 0 aliphatic carbocycles. The molecule has 0 atom stereocenters. The number of hydrogen-bond donors (Lipinski definition) is 1. The van der Waals surface area contributed by atoms with Crippen LogP contribution in [0.2, 0.25) is 5.02 Å². The fraction of sp³-hybridized carbons (Fsp3) is 0. The summed E-state index contributed by atoms with van der Waals surface area (Å²) in [7, 11) is -4.27. The minimum atomic E-state index is -4.27. The number of sulfonamides is 1. The van der Waals surface area contributed by atoms with E-state index < -0.39 is 38.1 Å². The maximum atomic E-state index is 13.4. The zero-order chi connectivity index (χ0) is 14.9. The number of pyridine rings is 1. The number of nitrogens with zero attached hydrogens (tertiary/aromatic N) is 1. The van der Waals surface area contributed by atoms with E-state index in [4.69, 9.17) is 11.6 Å². The van der Waals surface area contributed by atoms with E-state index in [2.05, 4.69) is 4.98 Å². The van der Waals surface area contributed by atoms with Crippen molar-refractivity contribution in [3.05, 3.63) is 53.1 Å². The largest absolute Gasteiger partial charge is 0.276 e. The zero-order valence-corrected chi connectivity index (χ0v) is 11.1. The topological polar surface area (TPSA) is 59.1 Å². The normalized spacial score (nSPS) is 11.4. The minimum absolute atomic E-state index is 0.143. The van der Waals surface area contributed by atoms with Crippen LogP contribution in [0.5, 0.6) is 0 Å². The molecule has 0 spiro atoms. The summed E-state index contributed by atoms with van der Waals surface area (Å²) in [5.41, 5.74) is -0.733. The predicted molar refractivity (Wildman–Crippen MR) is 66.4 cm³/mol. The van der Waals surface area contributed by atoms with Crippen molar-refractivity contribution in [1.29, 1.82) is 0 Å². The van der Waals surface area contributed by atoms with Crippen molar-refractivity contribution in [3.8, 4) is 0 Å². The number of nitrogens with one attached hydrogen (secondary N) is 1. The molecule has 0 saturated heterocycles. The van der Waals surface area contributed by atoms with E-state index in [9.17, 15) is 21.6 Å². The summed E-state index contributed by atoms with van der Waals surface area (Å²) in [6.45, 7) is 0. The van der Waals surface area contributed by atoms with Gasteiger partial charge in [-0.05, 0) is 18.2 Å². The molecule has 4 nitrogen and oxygen atoms in total. The Hall–Kier alpha value is -1.80. The highest BCUT2D eigenvalue weighted by Gasteiger charge is 2.22. The molecule has 1 aromatic heterocycles. The molecule has 0 unspecified atom stereocenters. The van der Waals surface area contributed by atoms with Crippen molar-refractivity contribution < 1.29 is 21.6 Å². The molecule has 106 valence electrons. The van der Waals surface area contributed by atoms with Crippen LogP contribution in [-0.4, -0.2) is 13.4 Å². The van der Waals surface area contributed by atoms with E-state index in [0.29, 0.717) is 6.07 Å². The molecule has 20 heavy (non-hydrogen) atoms. The Morgan fingerprint density at radius 2 is 1.80 bits per heavy atom. The van der Waals surface area contributed by atoms with Crippen molar-refractivity contribution in [1.82, 2.24) is 4.98 Å². The van der Waals surface area contributed by atoms with Crippen LogP contribution in [0.4, 0.5) is 18.9 Å². The van der Waals surface area contributed by atoms with Crippen molar-refractivity contribution in [2.24, 2.45) is 0 Å². The molecule has 9 heteroatoms. The SMILES string of the molecule is O=S(=O)(Nc1ccc(F)c(F)c1F)c1cnccc1Cl. The first-order chi connectivity index (χ1) is 9.33. The lowest BCUT2D eigenvalue weighted by Gasteiger charge is -2.10. The molecule has 0 saturated carbocycles. The van der Waals surface area contributed by atoms with E-state index in [1.54, 1.807) is 4.72 Å². The first-order valence-electron chi connectivity index (χ1n) is 5.09. The van der Waals surface area contributed by atoms with E-state index in [-0.39, 0.29) is 5.02 Å². The highest BCUT2D eigenvalue weighted by Crippen LogP contribution is 2.25. The lowest BCUT2D eigenvalue weighted by Crippen LogP contribution is -2.15. The molecule has 0 radical (unpaired) electrons. The zero-order valence-electron chi connectivity index (χ0n) is 9.57. The van der Waals surface area contributed by atoms with Gasteiger partial charge in [0.1, 0.15) is 4.90 Å². The Kier molecular flexibility index (Phi) is 3.87. The van der Waals surface area contributed by atoms with Crippen LogP contribution in [0, 0.1) is 17.5 Å². The maximum absolute atomic E-state index is 13.4. The van der Waals surface area contributed by atoms with Gasteiger partial charge in [-0.1, -0.05) is 11.6 Å². The molecule has 0 aliphatic rings. The third-order valence-corrected chi connectivity index (χ3v) is 4.14. The third kappa shape index (κ3) is 2.70. The van der Waals surface area contributed by atoms with Crippen LogP contribution < -0.4 is 4.72 Å². The Labute approximate surface area is 117 Å². The average molecular weight is 323 g/mol. The highest BCUT2D eigenvalue weighted by molar-refractivity contribution is 7.92. The summed E-state index contributed by atoms with van der Waals surface area (Å²) in [5.74, 6) is -4.85. The van der Waals surface area contributed by atoms with Crippen LogP contribution in [0.3, 0.4) is 0 Å². The quantitative estimate of drug-likeness (QED) is 0.884. The molecular formula is C11H6ClF3N2O2S. The van der Waals surface area contributed by atoms with Crippen LogP contribution in [0.15, 0.2) is 35.5 Å². The van der Waals surface area contributed by atoms with Gasteiger partial charge in [0.05, 0.1) is 10.7 Å². The number of anilines is 1. The van der Waals surface area contributed by atoms with Gasteiger partial charge in [-0.25, -0.2) is 21.6 Å². The fourth-order valence-corrected chi connectivity index (χ4v) is 2.86. The summed E-state index contributed by atoms with van der Waals surface area (Å²) < 4.78 is 64.9. The monoisotopic (exact) mass is 322 g/mol. The second kappa shape index (κ2) is 5.29. The number of rotatable bonds is 3. The number of halogens is 4. The lowest BCUT2D eigenvalue weighted by molar-refractivity contribution is 0.449. The van der Waals surface area contributed by atoms with Gasteiger partial charge in [-0.2, -0.15) is 0 Å². The molecule has 2 rings (SSSR count). The highest BCUT2D eigenvalue weighted by atomic mass is 35.5. The number of hydrogen-bond acceptors (Lipinski definition) is 3. The van der Waals surface area contributed by atoms with Crippen molar-refractivity contribution in [2.75, 3.05) is 4.72 Å². The van der Waals surface area contributed by atoms with Gasteiger partial charge in [0.25, 0.3) is 10.0 Å². The third-order valence-electron chi connectivity index (χ3n) is 2.30. The molecular weight excluding hydrogens is 317 g/mol. The van der Waals surface area contributed by atoms with Crippen LogP contribution in [0.25, 0.3) is 0 Å². The van der Waals surface area contributed by atoms with Gasteiger partial charge < -0.3 is 0 Å². The second-order valence-corrected chi connectivity index (χ2v) is 5.69. The standard InChI is InChI=1S/C11H6ClF3N2O2S/c12-6-3-4-16-5-9(6)20(18,19)17-8-2-1-7(13)10(14)11(8)15/h1-5,17H. The molecule has 0 aliphatic heterocycles. The summed E-state index contributed by atoms with van der Waals surface area (Å²) in [4.78, 5) is 3.16. The fourth-order valence-electron chi connectivity index (χ4n) is 1.37. The Balaban J connectivity index is 2.45. The Morgan fingerprint density at radius 1 is 1.10 bits per heavy atom. The molecule has 0 bridgehead atoms. The van der Waals surface area contributed by atoms with Crippen molar-refractivity contribution >= 4 is 27.3 Å². The van der Waals surface area contributed by atoms with Gasteiger partial charge in [0.15, 0.2) is 17.5 Å². The summed E-state index contributed by atoms with van der Waals surface area (Å²) >= 11 is 5.68. The van der Waals surface area contributed by atoms with Gasteiger partial charge in [0.2, 0.25) is 0 Å². The molecule has 1 heterocycles. The predicted octanol–water partition coefficient (Wildman–Crippen LogP) is 2.95. The second-order valence-electron chi connectivity index (χ2n) is 3.63. The molecule has 1 aromatic carbocycles. The minimum Gasteiger partial charge on any atom is -0.276 e. The van der Waals surface area contributed by atoms with E-state index in [1.807, 2.05) is 0 Å². The smallest absolute Gasteiger partial charge is 0.265 e.